The molecular formula is C10H10FNO3. The number of rotatable bonds is 3. The van der Waals surface area contributed by atoms with E-state index in [2.05, 4.69) is 5.32 Å². The van der Waals surface area contributed by atoms with Crippen LogP contribution >= 0.6 is 0 Å². The lowest BCUT2D eigenvalue weighted by molar-refractivity contribution is -0.115. The van der Waals surface area contributed by atoms with Crippen LogP contribution in [0.15, 0.2) is 18.2 Å². The van der Waals surface area contributed by atoms with Crippen LogP contribution in [0.4, 0.5) is 10.1 Å². The van der Waals surface area contributed by atoms with Crippen LogP contribution < -0.4 is 5.32 Å². The molecule has 0 saturated carbocycles. The van der Waals surface area contributed by atoms with E-state index in [4.69, 9.17) is 5.11 Å². The van der Waals surface area contributed by atoms with E-state index in [1.165, 1.54) is 12.1 Å². The van der Waals surface area contributed by atoms with Gasteiger partial charge < -0.3 is 10.4 Å². The van der Waals surface area contributed by atoms with Crippen molar-refractivity contribution in [1.82, 2.24) is 0 Å². The van der Waals surface area contributed by atoms with Crippen molar-refractivity contribution in [3.05, 3.63) is 29.6 Å². The van der Waals surface area contributed by atoms with Crippen molar-refractivity contribution in [2.75, 3.05) is 5.32 Å². The number of aromatic carboxylic acids is 1. The summed E-state index contributed by atoms with van der Waals surface area (Å²) in [6.45, 7) is 1.62. The van der Waals surface area contributed by atoms with Gasteiger partial charge in [-0.25, -0.2) is 9.18 Å². The fourth-order valence-corrected chi connectivity index (χ4v) is 1.08. The summed E-state index contributed by atoms with van der Waals surface area (Å²) in [5, 5.41) is 11.1. The number of amides is 1. The molecule has 0 radical (unpaired) electrons. The molecule has 0 aliphatic carbocycles. The first-order valence-corrected chi connectivity index (χ1v) is 4.38. The molecule has 0 atom stereocenters. The standard InChI is InChI=1S/C10H10FNO3/c1-2-8(13)12-7-5-3-4-6(11)9(7)10(14)15/h3-5H,2H2,1H3,(H,12,13)(H,14,15). The molecule has 0 bridgehead atoms. The largest absolute Gasteiger partial charge is 0.478 e. The molecule has 2 N–H and O–H groups in total. The van der Waals surface area contributed by atoms with Crippen molar-refractivity contribution in [3.8, 4) is 0 Å². The summed E-state index contributed by atoms with van der Waals surface area (Å²) in [6.07, 6.45) is 0.204. The number of carbonyl (C=O) groups excluding carboxylic acids is 1. The maximum atomic E-state index is 13.1. The Bertz CT molecular complexity index is 404. The predicted molar refractivity (Wildman–Crippen MR) is 52.3 cm³/mol. The molecule has 1 amide bonds. The first kappa shape index (κ1) is 11.2. The van der Waals surface area contributed by atoms with Gasteiger partial charge in [0.1, 0.15) is 11.4 Å². The van der Waals surface area contributed by atoms with Crippen LogP contribution in [0.1, 0.15) is 23.7 Å². The van der Waals surface area contributed by atoms with Gasteiger partial charge in [0.05, 0.1) is 5.69 Å². The fourth-order valence-electron chi connectivity index (χ4n) is 1.08. The Morgan fingerprint density at radius 2 is 2.13 bits per heavy atom. The minimum absolute atomic E-state index is 0.0191. The number of nitrogens with one attached hydrogen (secondary N) is 1. The lowest BCUT2D eigenvalue weighted by Crippen LogP contribution is -2.14. The maximum absolute atomic E-state index is 13.1. The number of hydrogen-bond acceptors (Lipinski definition) is 2. The average Bonchev–Trinajstić information content (AvgIpc) is 2.17. The quantitative estimate of drug-likeness (QED) is 0.802. The van der Waals surface area contributed by atoms with Crippen molar-refractivity contribution in [1.29, 1.82) is 0 Å². The van der Waals surface area contributed by atoms with E-state index >= 15 is 0 Å². The molecule has 0 fully saturated rings. The highest BCUT2D eigenvalue weighted by molar-refractivity contribution is 6.00. The van der Waals surface area contributed by atoms with Crippen LogP contribution in [0, 0.1) is 5.82 Å². The molecular weight excluding hydrogens is 201 g/mol. The lowest BCUT2D eigenvalue weighted by atomic mass is 10.1. The molecule has 15 heavy (non-hydrogen) atoms. The van der Waals surface area contributed by atoms with Gasteiger partial charge in [-0.05, 0) is 12.1 Å². The van der Waals surface area contributed by atoms with E-state index in [0.717, 1.165) is 6.07 Å². The highest BCUT2D eigenvalue weighted by Gasteiger charge is 2.16. The van der Waals surface area contributed by atoms with Gasteiger partial charge in [0, 0.05) is 6.42 Å². The number of carbonyl (C=O) groups is 2. The first-order chi connectivity index (χ1) is 7.06. The summed E-state index contributed by atoms with van der Waals surface area (Å²) < 4.78 is 13.1. The lowest BCUT2D eigenvalue weighted by Gasteiger charge is -2.07. The van der Waals surface area contributed by atoms with Crippen molar-refractivity contribution >= 4 is 17.6 Å². The molecule has 80 valence electrons. The van der Waals surface area contributed by atoms with Crippen LogP contribution in [-0.2, 0) is 4.79 Å². The van der Waals surface area contributed by atoms with E-state index in [9.17, 15) is 14.0 Å². The summed E-state index contributed by atoms with van der Waals surface area (Å²) in [5.41, 5.74) is -0.534. The van der Waals surface area contributed by atoms with Gasteiger partial charge in [-0.3, -0.25) is 4.79 Å². The van der Waals surface area contributed by atoms with Crippen LogP contribution in [-0.4, -0.2) is 17.0 Å². The maximum Gasteiger partial charge on any atom is 0.340 e. The molecule has 1 aromatic carbocycles. The topological polar surface area (TPSA) is 66.4 Å². The molecule has 0 aliphatic heterocycles. The first-order valence-electron chi connectivity index (χ1n) is 4.38. The Labute approximate surface area is 85.7 Å². The molecule has 4 nitrogen and oxygen atoms in total. The Balaban J connectivity index is 3.11. The Morgan fingerprint density at radius 1 is 1.47 bits per heavy atom. The molecule has 1 rings (SSSR count). The minimum Gasteiger partial charge on any atom is -0.478 e. The van der Waals surface area contributed by atoms with Gasteiger partial charge in [0.2, 0.25) is 5.91 Å². The zero-order valence-electron chi connectivity index (χ0n) is 8.08. The molecule has 0 spiro atoms. The number of anilines is 1. The van der Waals surface area contributed by atoms with E-state index in [1.54, 1.807) is 6.92 Å². The summed E-state index contributed by atoms with van der Waals surface area (Å²) in [6, 6.07) is 3.72. The number of carboxylic acid groups (broad SMARTS) is 1. The zero-order chi connectivity index (χ0) is 11.4. The second-order valence-corrected chi connectivity index (χ2v) is 2.87. The average molecular weight is 211 g/mol. The summed E-state index contributed by atoms with van der Waals surface area (Å²) in [7, 11) is 0. The molecule has 5 heteroatoms. The third-order valence-electron chi connectivity index (χ3n) is 1.82. The number of benzene rings is 1. The molecule has 0 aliphatic rings. The van der Waals surface area contributed by atoms with E-state index in [1.807, 2.05) is 0 Å². The van der Waals surface area contributed by atoms with E-state index < -0.39 is 17.3 Å². The van der Waals surface area contributed by atoms with Gasteiger partial charge in [-0.2, -0.15) is 0 Å². The zero-order valence-corrected chi connectivity index (χ0v) is 8.08. The summed E-state index contributed by atoms with van der Waals surface area (Å²) in [5.74, 6) is -2.63. The van der Waals surface area contributed by atoms with Crippen LogP contribution in [0.2, 0.25) is 0 Å². The van der Waals surface area contributed by atoms with Crippen LogP contribution in [0.5, 0.6) is 0 Å². The summed E-state index contributed by atoms with van der Waals surface area (Å²) >= 11 is 0. The number of hydrogen-bond donors (Lipinski definition) is 2. The van der Waals surface area contributed by atoms with Gasteiger partial charge in [0.15, 0.2) is 0 Å². The SMILES string of the molecule is CCC(=O)Nc1cccc(F)c1C(=O)O. The smallest absolute Gasteiger partial charge is 0.340 e. The van der Waals surface area contributed by atoms with Crippen molar-refractivity contribution < 1.29 is 19.1 Å². The third kappa shape index (κ3) is 2.52. The molecule has 0 heterocycles. The second kappa shape index (κ2) is 4.54. The van der Waals surface area contributed by atoms with Gasteiger partial charge in [-0.15, -0.1) is 0 Å². The van der Waals surface area contributed by atoms with Crippen molar-refractivity contribution in [2.45, 2.75) is 13.3 Å². The van der Waals surface area contributed by atoms with Crippen LogP contribution in [0.3, 0.4) is 0 Å². The summed E-state index contributed by atoms with van der Waals surface area (Å²) in [4.78, 5) is 21.8. The van der Waals surface area contributed by atoms with Gasteiger partial charge in [0.25, 0.3) is 0 Å². The van der Waals surface area contributed by atoms with Crippen molar-refractivity contribution in [2.24, 2.45) is 0 Å². The highest BCUT2D eigenvalue weighted by Crippen LogP contribution is 2.18. The van der Waals surface area contributed by atoms with Crippen LogP contribution in [0.25, 0.3) is 0 Å². The van der Waals surface area contributed by atoms with Crippen molar-refractivity contribution in [3.63, 3.8) is 0 Å². The molecule has 1 aromatic rings. The predicted octanol–water partition coefficient (Wildman–Crippen LogP) is 1.87. The molecule has 0 saturated heterocycles. The monoisotopic (exact) mass is 211 g/mol. The highest BCUT2D eigenvalue weighted by atomic mass is 19.1. The fraction of sp³-hybridized carbons (Fsp3) is 0.200. The molecule has 0 aromatic heterocycles. The van der Waals surface area contributed by atoms with E-state index in [0.29, 0.717) is 0 Å². The number of carboxylic acids is 1. The van der Waals surface area contributed by atoms with E-state index in [-0.39, 0.29) is 18.0 Å². The number of halogens is 1. The Kier molecular flexibility index (Phi) is 3.38. The molecule has 0 unspecified atom stereocenters. The minimum atomic E-state index is -1.40. The van der Waals surface area contributed by atoms with Gasteiger partial charge in [-0.1, -0.05) is 13.0 Å². The Morgan fingerprint density at radius 3 is 2.67 bits per heavy atom. The Hall–Kier alpha value is -1.91. The normalized spacial score (nSPS) is 9.73. The second-order valence-electron chi connectivity index (χ2n) is 2.87. The van der Waals surface area contributed by atoms with Gasteiger partial charge >= 0.3 is 5.97 Å². The third-order valence-corrected chi connectivity index (χ3v) is 1.82.